The van der Waals surface area contributed by atoms with Gasteiger partial charge in [0.05, 0.1) is 6.04 Å². The second kappa shape index (κ2) is 21.0. The van der Waals surface area contributed by atoms with E-state index in [0.29, 0.717) is 47.5 Å². The molecule has 0 saturated carbocycles. The number of phenols is 2. The fraction of sp³-hybridized carbons (Fsp3) is 0.354. The summed E-state index contributed by atoms with van der Waals surface area (Å²) in [5.74, 6) is -5.98. The monoisotopic (exact) mass is 849 g/mol. The maximum Gasteiger partial charge on any atom is 0.226 e. The van der Waals surface area contributed by atoms with Crippen LogP contribution in [0.15, 0.2) is 84.9 Å². The van der Waals surface area contributed by atoms with Crippen molar-refractivity contribution in [3.05, 3.63) is 107 Å². The maximum absolute atomic E-state index is 14.6. The van der Waals surface area contributed by atoms with Gasteiger partial charge >= 0.3 is 0 Å². The molecule has 1 aliphatic rings. The van der Waals surface area contributed by atoms with E-state index in [-0.39, 0.29) is 66.9 Å². The van der Waals surface area contributed by atoms with Crippen LogP contribution in [0.2, 0.25) is 5.02 Å². The molecule has 4 aromatic rings. The van der Waals surface area contributed by atoms with Gasteiger partial charge in [0.2, 0.25) is 11.8 Å². The number of phenolic OH excluding ortho intramolecular Hbond substituents is 2. The molecule has 0 unspecified atom stereocenters. The lowest BCUT2D eigenvalue weighted by molar-refractivity contribution is -0.142. The number of Topliss-reactive ketones (excluding diaryl/α,β-unsaturated/α-hetero) is 5. The highest BCUT2D eigenvalue weighted by atomic mass is 35.5. The van der Waals surface area contributed by atoms with Crippen molar-refractivity contribution in [2.75, 3.05) is 13.6 Å². The van der Waals surface area contributed by atoms with Gasteiger partial charge in [-0.1, -0.05) is 80.4 Å². The molecule has 320 valence electrons. The van der Waals surface area contributed by atoms with Gasteiger partial charge in [-0.2, -0.15) is 0 Å². The lowest BCUT2D eigenvalue weighted by atomic mass is 9.87. The van der Waals surface area contributed by atoms with E-state index in [0.717, 1.165) is 11.1 Å². The number of carbonyl (C=O) groups excluding carboxylic acids is 7. The third-order valence-electron chi connectivity index (χ3n) is 11.2. The lowest BCUT2D eigenvalue weighted by Crippen LogP contribution is -2.46. The molecule has 0 saturated heterocycles. The van der Waals surface area contributed by atoms with Crippen molar-refractivity contribution < 1.29 is 43.8 Å². The number of carbonyl (C=O) groups is 7. The number of unbranched alkanes of at least 4 members (excludes halogenated alkanes) is 1. The van der Waals surface area contributed by atoms with Crippen molar-refractivity contribution >= 4 is 52.3 Å². The van der Waals surface area contributed by atoms with Gasteiger partial charge in [-0.15, -0.1) is 0 Å². The highest BCUT2D eigenvalue weighted by molar-refractivity contribution is 6.37. The fourth-order valence-electron chi connectivity index (χ4n) is 7.64. The molecule has 4 aromatic carbocycles. The summed E-state index contributed by atoms with van der Waals surface area (Å²) in [7, 11) is 1.46. The number of nitrogens with zero attached hydrogens (tertiary/aromatic N) is 1. The van der Waals surface area contributed by atoms with Gasteiger partial charge in [0.1, 0.15) is 17.5 Å². The van der Waals surface area contributed by atoms with Gasteiger partial charge in [0.25, 0.3) is 0 Å². The molecule has 0 aromatic heterocycles. The Hall–Kier alpha value is -5.98. The molecular weight excluding hydrogens is 798 g/mol. The number of hydrogen-bond acceptors (Lipinski definition) is 10. The number of amides is 2. The molecule has 5 N–H and O–H groups in total. The Kier molecular flexibility index (Phi) is 15.9. The van der Waals surface area contributed by atoms with E-state index in [2.05, 4.69) is 5.32 Å². The SMILES string of the molecule is CCC(=O)C(=O)CCC(=O)[C@@H]1Cc2ccc(O)c(c2)-c2cc(ccc2O)[C@H](N(C)C(=O)[C@H](CCCCN)CC(=O)c2ccc(-c3ccc(Cl)cc3)cc2)C(=O)C[C@@H](C)C(=O)N1. The first-order chi connectivity index (χ1) is 29.1. The molecule has 1 heterocycles. The number of rotatable bonds is 16. The third kappa shape index (κ3) is 11.6. The zero-order valence-electron chi connectivity index (χ0n) is 34.6. The van der Waals surface area contributed by atoms with E-state index in [1.165, 1.54) is 43.1 Å². The standard InChI is InChI=1S/C48H52ClN3O9/c1-4-39(53)43(57)21-20-42(56)38-25-29-8-18-40(54)36(24-29)37-26-33(15-19-41(37)55)46(45(59)23-28(2)47(60)51-38)52(3)48(61)34(7-5-6-22-50)27-44(58)32-11-9-30(10-12-32)31-13-16-35(49)17-14-31/h8-19,24,26,28,34,38,46,54-55H,4-7,20-23,25,27,50H2,1-3H3,(H,51,60)/t28-,34-,38+,46+/m1/s1. The number of ketones is 5. The molecular formula is C48H52ClN3O9. The Morgan fingerprint density at radius 1 is 0.820 bits per heavy atom. The van der Waals surface area contributed by atoms with Crippen LogP contribution in [0.25, 0.3) is 22.3 Å². The molecule has 4 bridgehead atoms. The summed E-state index contributed by atoms with van der Waals surface area (Å²) in [6, 6.07) is 20.8. The van der Waals surface area contributed by atoms with Crippen LogP contribution in [0.3, 0.4) is 0 Å². The minimum atomic E-state index is -1.29. The van der Waals surface area contributed by atoms with Crippen LogP contribution >= 0.6 is 11.6 Å². The zero-order valence-corrected chi connectivity index (χ0v) is 35.4. The summed E-state index contributed by atoms with van der Waals surface area (Å²) in [5, 5.41) is 25.5. The van der Waals surface area contributed by atoms with Gasteiger partial charge < -0.3 is 26.2 Å². The van der Waals surface area contributed by atoms with Gasteiger partial charge in [-0.25, -0.2) is 0 Å². The van der Waals surface area contributed by atoms with Crippen molar-refractivity contribution in [1.82, 2.24) is 10.2 Å². The van der Waals surface area contributed by atoms with Crippen LogP contribution in [0.4, 0.5) is 0 Å². The Morgan fingerprint density at radius 2 is 1.44 bits per heavy atom. The Bertz CT molecular complexity index is 2290. The Morgan fingerprint density at radius 3 is 2.08 bits per heavy atom. The third-order valence-corrected chi connectivity index (χ3v) is 11.5. The molecule has 12 nitrogen and oxygen atoms in total. The highest BCUT2D eigenvalue weighted by Gasteiger charge is 2.36. The normalized spacial score (nSPS) is 17.1. The van der Waals surface area contributed by atoms with Crippen molar-refractivity contribution in [3.63, 3.8) is 0 Å². The van der Waals surface area contributed by atoms with E-state index in [9.17, 15) is 43.8 Å². The van der Waals surface area contributed by atoms with E-state index in [1.807, 2.05) is 24.3 Å². The van der Waals surface area contributed by atoms with Gasteiger partial charge in [-0.3, -0.25) is 33.6 Å². The predicted molar refractivity (Wildman–Crippen MR) is 232 cm³/mol. The predicted octanol–water partition coefficient (Wildman–Crippen LogP) is 7.14. The first kappa shape index (κ1) is 46.1. The topological polar surface area (TPSA) is 201 Å². The first-order valence-electron chi connectivity index (χ1n) is 20.5. The average Bonchev–Trinajstić information content (AvgIpc) is 3.25. The molecule has 61 heavy (non-hydrogen) atoms. The maximum atomic E-state index is 14.6. The van der Waals surface area contributed by atoms with Crippen molar-refractivity contribution in [1.29, 1.82) is 0 Å². The minimum Gasteiger partial charge on any atom is -0.507 e. The van der Waals surface area contributed by atoms with E-state index < -0.39 is 58.9 Å². The summed E-state index contributed by atoms with van der Waals surface area (Å²) in [5.41, 5.74) is 9.12. The summed E-state index contributed by atoms with van der Waals surface area (Å²) in [4.78, 5) is 95.6. The number of benzene rings is 4. The Labute approximate surface area is 360 Å². The molecule has 13 heteroatoms. The summed E-state index contributed by atoms with van der Waals surface area (Å²) < 4.78 is 0. The molecule has 0 fully saturated rings. The molecule has 0 aliphatic carbocycles. The van der Waals surface area contributed by atoms with E-state index in [1.54, 1.807) is 43.3 Å². The fourth-order valence-corrected chi connectivity index (χ4v) is 7.76. The number of aromatic hydroxyl groups is 2. The van der Waals surface area contributed by atoms with Crippen LogP contribution < -0.4 is 11.1 Å². The molecule has 0 radical (unpaired) electrons. The molecule has 4 atom stereocenters. The van der Waals surface area contributed by atoms with Crippen LogP contribution in [-0.4, -0.2) is 75.5 Å². The van der Waals surface area contributed by atoms with E-state index in [4.69, 9.17) is 17.3 Å². The second-order valence-corrected chi connectivity index (χ2v) is 16.1. The van der Waals surface area contributed by atoms with E-state index >= 15 is 0 Å². The van der Waals surface area contributed by atoms with Gasteiger partial charge in [-0.05, 0) is 84.5 Å². The highest BCUT2D eigenvalue weighted by Crippen LogP contribution is 2.40. The Balaban J connectivity index is 1.48. The van der Waals surface area contributed by atoms with Crippen LogP contribution in [0.1, 0.15) is 92.7 Å². The molecule has 1 aliphatic heterocycles. The zero-order chi connectivity index (χ0) is 44.4. The minimum absolute atomic E-state index is 0.00124. The van der Waals surface area contributed by atoms with Crippen molar-refractivity contribution in [3.8, 4) is 33.8 Å². The lowest BCUT2D eigenvalue weighted by Gasteiger charge is -2.32. The smallest absolute Gasteiger partial charge is 0.226 e. The van der Waals surface area contributed by atoms with Crippen molar-refractivity contribution in [2.24, 2.45) is 17.6 Å². The molecule has 2 amide bonds. The second-order valence-electron chi connectivity index (χ2n) is 15.7. The number of fused-ring (bicyclic) bond motifs is 5. The van der Waals surface area contributed by atoms with Crippen LogP contribution in [-0.2, 0) is 35.2 Å². The quantitative estimate of drug-likeness (QED) is 0.0510. The molecule has 5 rings (SSSR count). The van der Waals surface area contributed by atoms with Crippen LogP contribution in [0, 0.1) is 11.8 Å². The number of hydrogen-bond donors (Lipinski definition) is 4. The number of likely N-dealkylation sites (N-methyl/N-ethyl adjacent to an activating group) is 1. The number of nitrogens with two attached hydrogens (primary N) is 1. The van der Waals surface area contributed by atoms with Crippen LogP contribution in [0.5, 0.6) is 11.5 Å². The summed E-state index contributed by atoms with van der Waals surface area (Å²) >= 11 is 6.05. The van der Waals surface area contributed by atoms with Crippen molar-refractivity contribution in [2.45, 2.75) is 83.7 Å². The first-order valence-corrected chi connectivity index (χ1v) is 20.9. The molecule has 0 spiro atoms. The van der Waals surface area contributed by atoms with Gasteiger partial charge in [0, 0.05) is 72.7 Å². The average molecular weight is 850 g/mol. The number of nitrogens with one attached hydrogen (secondary N) is 1. The summed E-state index contributed by atoms with van der Waals surface area (Å²) in [6.07, 6.45) is 0.257. The summed E-state index contributed by atoms with van der Waals surface area (Å²) in [6.45, 7) is 3.45. The largest absolute Gasteiger partial charge is 0.507 e. The van der Waals surface area contributed by atoms with Gasteiger partial charge in [0.15, 0.2) is 28.9 Å². The number of halogens is 1.